The number of hydrogen-bond donors (Lipinski definition) is 1. The van der Waals surface area contributed by atoms with Crippen molar-refractivity contribution in [3.05, 3.63) is 88.7 Å². The lowest BCUT2D eigenvalue weighted by Gasteiger charge is -2.13. The summed E-state index contributed by atoms with van der Waals surface area (Å²) in [5.41, 5.74) is 8.81. The highest BCUT2D eigenvalue weighted by Crippen LogP contribution is 2.20. The van der Waals surface area contributed by atoms with Gasteiger partial charge in [0.05, 0.1) is 6.21 Å². The predicted molar refractivity (Wildman–Crippen MR) is 112 cm³/mol. The first kappa shape index (κ1) is 19.6. The van der Waals surface area contributed by atoms with Gasteiger partial charge in [0.25, 0.3) is 5.91 Å². The summed E-state index contributed by atoms with van der Waals surface area (Å²) < 4.78 is 7.51. The van der Waals surface area contributed by atoms with Crippen molar-refractivity contribution in [1.29, 1.82) is 0 Å². The molecule has 1 heterocycles. The first-order valence-electron chi connectivity index (χ1n) is 9.18. The fourth-order valence-electron chi connectivity index (χ4n) is 3.33. The van der Waals surface area contributed by atoms with Crippen LogP contribution in [0.4, 0.5) is 0 Å². The van der Waals surface area contributed by atoms with E-state index in [4.69, 9.17) is 4.74 Å². The normalized spacial score (nSPS) is 12.3. The quantitative estimate of drug-likeness (QED) is 0.517. The van der Waals surface area contributed by atoms with E-state index in [1.54, 1.807) is 6.21 Å². The SMILES string of the molecule is COC(C(=O)N/N=C/c1cc(C)n(-c2cccc(C)c2)c1C)c1ccccc1. The van der Waals surface area contributed by atoms with Gasteiger partial charge >= 0.3 is 0 Å². The molecule has 0 fully saturated rings. The molecule has 0 aliphatic heterocycles. The van der Waals surface area contributed by atoms with Gasteiger partial charge < -0.3 is 9.30 Å². The summed E-state index contributed by atoms with van der Waals surface area (Å²) in [6.07, 6.45) is 0.975. The van der Waals surface area contributed by atoms with E-state index in [-0.39, 0.29) is 5.91 Å². The van der Waals surface area contributed by atoms with Gasteiger partial charge in [0.15, 0.2) is 6.10 Å². The molecule has 5 nitrogen and oxygen atoms in total. The Kier molecular flexibility index (Phi) is 6.06. The minimum Gasteiger partial charge on any atom is -0.367 e. The Morgan fingerprint density at radius 3 is 2.50 bits per heavy atom. The summed E-state index contributed by atoms with van der Waals surface area (Å²) in [6.45, 7) is 6.18. The molecule has 1 aromatic heterocycles. The standard InChI is InChI=1S/C23H25N3O2/c1-16-9-8-12-21(13-16)26-17(2)14-20(18(26)3)15-24-25-23(27)22(28-4)19-10-6-5-7-11-19/h5-15,22H,1-4H3,(H,25,27)/b24-15+. The van der Waals surface area contributed by atoms with Crippen LogP contribution in [-0.2, 0) is 9.53 Å². The third kappa shape index (κ3) is 4.21. The molecule has 0 saturated carbocycles. The molecule has 1 unspecified atom stereocenters. The van der Waals surface area contributed by atoms with Crippen LogP contribution in [0, 0.1) is 20.8 Å². The molecule has 0 spiro atoms. The molecule has 0 saturated heterocycles. The zero-order chi connectivity index (χ0) is 20.1. The number of benzene rings is 2. The summed E-state index contributed by atoms with van der Waals surface area (Å²) >= 11 is 0. The zero-order valence-corrected chi connectivity index (χ0v) is 16.6. The number of ether oxygens (including phenoxy) is 1. The van der Waals surface area contributed by atoms with Gasteiger partial charge in [0.2, 0.25) is 0 Å². The Labute approximate surface area is 165 Å². The Morgan fingerprint density at radius 1 is 1.07 bits per heavy atom. The molecular formula is C23H25N3O2. The molecule has 0 bridgehead atoms. The molecule has 28 heavy (non-hydrogen) atoms. The van der Waals surface area contributed by atoms with Crippen molar-refractivity contribution in [2.24, 2.45) is 5.10 Å². The Morgan fingerprint density at radius 2 is 1.82 bits per heavy atom. The van der Waals surface area contributed by atoms with Gasteiger partial charge in [-0.1, -0.05) is 42.5 Å². The van der Waals surface area contributed by atoms with Crippen LogP contribution >= 0.6 is 0 Å². The maximum Gasteiger partial charge on any atom is 0.273 e. The first-order valence-corrected chi connectivity index (χ1v) is 9.18. The second-order valence-corrected chi connectivity index (χ2v) is 6.76. The Balaban J connectivity index is 1.76. The molecule has 2 aromatic carbocycles. The second kappa shape index (κ2) is 8.67. The summed E-state index contributed by atoms with van der Waals surface area (Å²) in [6, 6.07) is 19.8. The van der Waals surface area contributed by atoms with Gasteiger partial charge in [-0.2, -0.15) is 5.10 Å². The van der Waals surface area contributed by atoms with E-state index in [1.165, 1.54) is 12.7 Å². The predicted octanol–water partition coefficient (Wildman–Crippen LogP) is 4.24. The van der Waals surface area contributed by atoms with Crippen molar-refractivity contribution >= 4 is 12.1 Å². The lowest BCUT2D eigenvalue weighted by molar-refractivity contribution is -0.131. The number of aryl methyl sites for hydroxylation is 2. The smallest absolute Gasteiger partial charge is 0.273 e. The number of hydrazone groups is 1. The largest absolute Gasteiger partial charge is 0.367 e. The summed E-state index contributed by atoms with van der Waals surface area (Å²) in [5, 5.41) is 4.14. The topological polar surface area (TPSA) is 55.6 Å². The molecule has 5 heteroatoms. The minimum atomic E-state index is -0.696. The average molecular weight is 375 g/mol. The van der Waals surface area contributed by atoms with Gasteiger partial charge in [-0.05, 0) is 50.1 Å². The molecule has 144 valence electrons. The molecule has 0 aliphatic carbocycles. The van der Waals surface area contributed by atoms with Crippen molar-refractivity contribution in [2.45, 2.75) is 26.9 Å². The monoisotopic (exact) mass is 375 g/mol. The van der Waals surface area contributed by atoms with Gasteiger partial charge in [0.1, 0.15) is 0 Å². The van der Waals surface area contributed by atoms with Gasteiger partial charge in [0, 0.05) is 29.7 Å². The molecule has 0 aliphatic rings. The van der Waals surface area contributed by atoms with Crippen LogP contribution in [-0.4, -0.2) is 23.8 Å². The van der Waals surface area contributed by atoms with Crippen LogP contribution in [0.3, 0.4) is 0 Å². The van der Waals surface area contributed by atoms with E-state index < -0.39 is 6.10 Å². The zero-order valence-electron chi connectivity index (χ0n) is 16.6. The summed E-state index contributed by atoms with van der Waals surface area (Å²) in [4.78, 5) is 12.4. The molecule has 1 atom stereocenters. The minimum absolute atomic E-state index is 0.308. The Hall–Kier alpha value is -3.18. The van der Waals surface area contributed by atoms with Gasteiger partial charge in [-0.25, -0.2) is 5.43 Å². The van der Waals surface area contributed by atoms with Crippen LogP contribution in [0.15, 0.2) is 65.8 Å². The van der Waals surface area contributed by atoms with E-state index in [0.29, 0.717) is 0 Å². The van der Waals surface area contributed by atoms with E-state index >= 15 is 0 Å². The van der Waals surface area contributed by atoms with Crippen molar-refractivity contribution in [1.82, 2.24) is 9.99 Å². The molecule has 3 aromatic rings. The third-order valence-corrected chi connectivity index (χ3v) is 4.68. The van der Waals surface area contributed by atoms with Crippen LogP contribution in [0.1, 0.15) is 34.2 Å². The van der Waals surface area contributed by atoms with Gasteiger partial charge in [-0.15, -0.1) is 0 Å². The number of aromatic nitrogens is 1. The third-order valence-electron chi connectivity index (χ3n) is 4.68. The van der Waals surface area contributed by atoms with Crippen molar-refractivity contribution in [2.75, 3.05) is 7.11 Å². The van der Waals surface area contributed by atoms with E-state index in [1.807, 2.05) is 43.3 Å². The fourth-order valence-corrected chi connectivity index (χ4v) is 3.33. The average Bonchev–Trinajstić information content (AvgIpc) is 2.96. The maximum atomic E-state index is 12.4. The highest BCUT2D eigenvalue weighted by atomic mass is 16.5. The lowest BCUT2D eigenvalue weighted by atomic mass is 10.1. The fraction of sp³-hybridized carbons (Fsp3) is 0.217. The van der Waals surface area contributed by atoms with E-state index in [0.717, 1.165) is 28.2 Å². The molecule has 1 amide bonds. The highest BCUT2D eigenvalue weighted by Gasteiger charge is 2.19. The molecular weight excluding hydrogens is 350 g/mol. The van der Waals surface area contributed by atoms with Gasteiger partial charge in [-0.3, -0.25) is 4.79 Å². The van der Waals surface area contributed by atoms with Crippen LogP contribution < -0.4 is 5.43 Å². The number of hydrogen-bond acceptors (Lipinski definition) is 3. The maximum absolute atomic E-state index is 12.4. The summed E-state index contributed by atoms with van der Waals surface area (Å²) in [7, 11) is 1.51. The number of nitrogens with one attached hydrogen (secondary N) is 1. The lowest BCUT2D eigenvalue weighted by Crippen LogP contribution is -2.26. The second-order valence-electron chi connectivity index (χ2n) is 6.76. The number of carbonyl (C=O) groups is 1. The van der Waals surface area contributed by atoms with Crippen LogP contribution in [0.5, 0.6) is 0 Å². The highest BCUT2D eigenvalue weighted by molar-refractivity contribution is 5.86. The molecule has 1 N–H and O–H groups in total. The number of amides is 1. The molecule has 0 radical (unpaired) electrons. The number of carbonyl (C=O) groups excluding carboxylic acids is 1. The first-order chi connectivity index (χ1) is 13.5. The van der Waals surface area contributed by atoms with Crippen LogP contribution in [0.2, 0.25) is 0 Å². The van der Waals surface area contributed by atoms with Crippen molar-refractivity contribution in [3.8, 4) is 5.69 Å². The van der Waals surface area contributed by atoms with Crippen LogP contribution in [0.25, 0.3) is 5.69 Å². The van der Waals surface area contributed by atoms with Crippen molar-refractivity contribution in [3.63, 3.8) is 0 Å². The number of methoxy groups -OCH3 is 1. The summed E-state index contributed by atoms with van der Waals surface area (Å²) in [5.74, 6) is -0.308. The molecule has 3 rings (SSSR count). The number of rotatable bonds is 6. The number of nitrogens with zero attached hydrogens (tertiary/aromatic N) is 2. The Bertz CT molecular complexity index is 990. The van der Waals surface area contributed by atoms with E-state index in [2.05, 4.69) is 53.2 Å². The van der Waals surface area contributed by atoms with E-state index in [9.17, 15) is 4.79 Å². The van der Waals surface area contributed by atoms with Crippen molar-refractivity contribution < 1.29 is 9.53 Å².